The van der Waals surface area contributed by atoms with Gasteiger partial charge in [0.05, 0.1) is 18.7 Å². The van der Waals surface area contributed by atoms with Crippen LogP contribution in [-0.2, 0) is 19.2 Å². The SMILES string of the molecule is CC(C)C(N)C(=O)NCC(=O)NC(C(=O)N1CCCC1C(=O)O)C(C)O. The average molecular weight is 372 g/mol. The fraction of sp³-hybridized carbons (Fsp3) is 0.750. The minimum atomic E-state index is -1.29. The number of nitrogens with zero attached hydrogens (tertiary/aromatic N) is 1. The number of carbonyl (C=O) groups excluding carboxylic acids is 3. The Labute approximate surface area is 152 Å². The first-order valence-electron chi connectivity index (χ1n) is 8.60. The lowest BCUT2D eigenvalue weighted by molar-refractivity contribution is -0.150. The van der Waals surface area contributed by atoms with Gasteiger partial charge in [-0.05, 0) is 25.7 Å². The minimum absolute atomic E-state index is 0.104. The van der Waals surface area contributed by atoms with Crippen LogP contribution in [0.1, 0.15) is 33.6 Å². The first-order valence-corrected chi connectivity index (χ1v) is 8.60. The standard InChI is InChI=1S/C16H28N4O6/c1-8(2)12(17)14(23)18-7-11(22)19-13(9(3)21)15(24)20-6-4-5-10(20)16(25)26/h8-10,12-13,21H,4-7,17H2,1-3H3,(H,18,23)(H,19,22)(H,25,26). The van der Waals surface area contributed by atoms with Crippen LogP contribution in [-0.4, -0.2) is 76.1 Å². The molecule has 148 valence electrons. The Morgan fingerprint density at radius 3 is 2.35 bits per heavy atom. The maximum atomic E-state index is 12.6. The van der Waals surface area contributed by atoms with Crippen LogP contribution in [0, 0.1) is 5.92 Å². The molecule has 4 atom stereocenters. The van der Waals surface area contributed by atoms with Gasteiger partial charge in [0.15, 0.2) is 0 Å². The number of aliphatic hydroxyl groups is 1. The maximum absolute atomic E-state index is 12.6. The second-order valence-electron chi connectivity index (χ2n) is 6.80. The summed E-state index contributed by atoms with van der Waals surface area (Å²) in [7, 11) is 0. The molecule has 1 fully saturated rings. The predicted octanol–water partition coefficient (Wildman–Crippen LogP) is -1.97. The van der Waals surface area contributed by atoms with Crippen LogP contribution >= 0.6 is 0 Å². The number of carboxylic acids is 1. The number of hydrogen-bond acceptors (Lipinski definition) is 6. The fourth-order valence-corrected chi connectivity index (χ4v) is 2.67. The quantitative estimate of drug-likeness (QED) is 0.330. The molecular formula is C16H28N4O6. The van der Waals surface area contributed by atoms with Crippen molar-refractivity contribution < 1.29 is 29.4 Å². The van der Waals surface area contributed by atoms with Crippen LogP contribution in [0.2, 0.25) is 0 Å². The summed E-state index contributed by atoms with van der Waals surface area (Å²) < 4.78 is 0. The van der Waals surface area contributed by atoms with Gasteiger partial charge in [-0.15, -0.1) is 0 Å². The topological polar surface area (TPSA) is 162 Å². The number of aliphatic hydroxyl groups excluding tert-OH is 1. The number of aliphatic carboxylic acids is 1. The summed E-state index contributed by atoms with van der Waals surface area (Å²) in [5.41, 5.74) is 5.67. The van der Waals surface area contributed by atoms with E-state index in [-0.39, 0.29) is 12.5 Å². The Balaban J connectivity index is 2.67. The Morgan fingerprint density at radius 2 is 1.85 bits per heavy atom. The summed E-state index contributed by atoms with van der Waals surface area (Å²) in [6, 6.07) is -3.03. The van der Waals surface area contributed by atoms with Crippen LogP contribution in [0.25, 0.3) is 0 Å². The van der Waals surface area contributed by atoms with Crippen molar-refractivity contribution in [1.82, 2.24) is 15.5 Å². The van der Waals surface area contributed by atoms with Crippen molar-refractivity contribution in [2.75, 3.05) is 13.1 Å². The molecule has 1 rings (SSSR count). The van der Waals surface area contributed by atoms with Crippen molar-refractivity contribution in [3.63, 3.8) is 0 Å². The highest BCUT2D eigenvalue weighted by Gasteiger charge is 2.39. The number of amides is 3. The monoisotopic (exact) mass is 372 g/mol. The van der Waals surface area contributed by atoms with Gasteiger partial charge in [-0.25, -0.2) is 4.79 Å². The van der Waals surface area contributed by atoms with Gasteiger partial charge in [0.2, 0.25) is 17.7 Å². The molecule has 4 unspecified atom stereocenters. The Bertz CT molecular complexity index is 551. The molecule has 0 radical (unpaired) electrons. The van der Waals surface area contributed by atoms with E-state index >= 15 is 0 Å². The van der Waals surface area contributed by atoms with Gasteiger partial charge in [0.25, 0.3) is 0 Å². The minimum Gasteiger partial charge on any atom is -0.480 e. The van der Waals surface area contributed by atoms with Crippen LogP contribution in [0.15, 0.2) is 0 Å². The van der Waals surface area contributed by atoms with E-state index < -0.39 is 54.5 Å². The molecule has 10 nitrogen and oxygen atoms in total. The lowest BCUT2D eigenvalue weighted by atomic mass is 10.1. The van der Waals surface area contributed by atoms with Crippen molar-refractivity contribution in [3.8, 4) is 0 Å². The third kappa shape index (κ3) is 5.67. The van der Waals surface area contributed by atoms with Crippen molar-refractivity contribution in [2.24, 2.45) is 11.7 Å². The highest BCUT2D eigenvalue weighted by Crippen LogP contribution is 2.19. The summed E-state index contributed by atoms with van der Waals surface area (Å²) in [6.07, 6.45) is -0.369. The van der Waals surface area contributed by atoms with Crippen LogP contribution in [0.5, 0.6) is 0 Å². The second kappa shape index (κ2) is 9.48. The molecule has 1 heterocycles. The van der Waals surface area contributed by atoms with Gasteiger partial charge in [-0.1, -0.05) is 13.8 Å². The summed E-state index contributed by atoms with van der Waals surface area (Å²) >= 11 is 0. The van der Waals surface area contributed by atoms with E-state index in [1.165, 1.54) is 6.92 Å². The predicted molar refractivity (Wildman–Crippen MR) is 91.8 cm³/mol. The molecule has 0 aliphatic carbocycles. The molecule has 1 aliphatic rings. The second-order valence-corrected chi connectivity index (χ2v) is 6.80. The molecule has 3 amide bonds. The third-order valence-electron chi connectivity index (χ3n) is 4.33. The first kappa shape index (κ1) is 21.8. The molecule has 0 bridgehead atoms. The number of rotatable bonds is 8. The van der Waals surface area contributed by atoms with Gasteiger partial charge >= 0.3 is 5.97 Å². The van der Waals surface area contributed by atoms with E-state index in [9.17, 15) is 29.4 Å². The van der Waals surface area contributed by atoms with Crippen molar-refractivity contribution >= 4 is 23.7 Å². The van der Waals surface area contributed by atoms with Gasteiger partial charge in [0, 0.05) is 6.54 Å². The normalized spacial score (nSPS) is 20.4. The van der Waals surface area contributed by atoms with E-state index in [2.05, 4.69) is 10.6 Å². The van der Waals surface area contributed by atoms with Gasteiger partial charge in [-0.3, -0.25) is 14.4 Å². The zero-order valence-corrected chi connectivity index (χ0v) is 15.3. The smallest absolute Gasteiger partial charge is 0.326 e. The van der Waals surface area contributed by atoms with E-state index in [0.717, 1.165) is 4.90 Å². The van der Waals surface area contributed by atoms with E-state index in [4.69, 9.17) is 5.73 Å². The van der Waals surface area contributed by atoms with Crippen LogP contribution in [0.3, 0.4) is 0 Å². The van der Waals surface area contributed by atoms with E-state index in [1.54, 1.807) is 13.8 Å². The average Bonchev–Trinajstić information content (AvgIpc) is 3.05. The number of likely N-dealkylation sites (tertiary alicyclic amines) is 1. The molecule has 0 aromatic carbocycles. The number of carbonyl (C=O) groups is 4. The summed E-state index contributed by atoms with van der Waals surface area (Å²) in [4.78, 5) is 48.7. The number of nitrogens with two attached hydrogens (primary N) is 1. The number of carboxylic acid groups (broad SMARTS) is 1. The molecule has 0 aromatic rings. The van der Waals surface area contributed by atoms with Gasteiger partial charge < -0.3 is 31.5 Å². The van der Waals surface area contributed by atoms with Gasteiger partial charge in [-0.2, -0.15) is 0 Å². The number of hydrogen-bond donors (Lipinski definition) is 5. The van der Waals surface area contributed by atoms with Crippen LogP contribution in [0.4, 0.5) is 0 Å². The van der Waals surface area contributed by atoms with Crippen molar-refractivity contribution in [1.29, 1.82) is 0 Å². The molecule has 10 heteroatoms. The van der Waals surface area contributed by atoms with Gasteiger partial charge in [0.1, 0.15) is 12.1 Å². The largest absolute Gasteiger partial charge is 0.480 e. The Hall–Kier alpha value is -2.20. The van der Waals surface area contributed by atoms with Crippen molar-refractivity contribution in [2.45, 2.75) is 57.8 Å². The molecule has 6 N–H and O–H groups in total. The summed E-state index contributed by atoms with van der Waals surface area (Å²) in [5.74, 6) is -3.07. The highest BCUT2D eigenvalue weighted by molar-refractivity contribution is 5.93. The molecule has 0 spiro atoms. The molecular weight excluding hydrogens is 344 g/mol. The molecule has 0 aromatic heterocycles. The zero-order chi connectivity index (χ0) is 20.0. The molecule has 1 saturated heterocycles. The lowest BCUT2D eigenvalue weighted by Gasteiger charge is -2.28. The van der Waals surface area contributed by atoms with Crippen molar-refractivity contribution in [3.05, 3.63) is 0 Å². The Kier molecular flexibility index (Phi) is 7.97. The summed E-state index contributed by atoms with van der Waals surface area (Å²) in [5, 5.41) is 23.7. The number of nitrogens with one attached hydrogen (secondary N) is 2. The zero-order valence-electron chi connectivity index (χ0n) is 15.3. The molecule has 1 aliphatic heterocycles. The van der Waals surface area contributed by atoms with E-state index in [0.29, 0.717) is 12.8 Å². The maximum Gasteiger partial charge on any atom is 0.326 e. The van der Waals surface area contributed by atoms with Crippen LogP contribution < -0.4 is 16.4 Å². The molecule has 0 saturated carbocycles. The molecule has 26 heavy (non-hydrogen) atoms. The first-order chi connectivity index (χ1) is 12.1. The lowest BCUT2D eigenvalue weighted by Crippen LogP contribution is -2.57. The third-order valence-corrected chi connectivity index (χ3v) is 4.33. The summed E-state index contributed by atoms with van der Waals surface area (Å²) in [6.45, 7) is 4.69. The highest BCUT2D eigenvalue weighted by atomic mass is 16.4. The van der Waals surface area contributed by atoms with E-state index in [1.807, 2.05) is 0 Å². The fourth-order valence-electron chi connectivity index (χ4n) is 2.67. The Morgan fingerprint density at radius 1 is 1.23 bits per heavy atom.